The summed E-state index contributed by atoms with van der Waals surface area (Å²) < 4.78 is 0. The molecule has 0 radical (unpaired) electrons. The predicted octanol–water partition coefficient (Wildman–Crippen LogP) is 4.47. The van der Waals surface area contributed by atoms with E-state index in [1.54, 1.807) is 0 Å². The average Bonchev–Trinajstić information content (AvgIpc) is 2.14. The van der Waals surface area contributed by atoms with Gasteiger partial charge < -0.3 is 4.90 Å². The van der Waals surface area contributed by atoms with Gasteiger partial charge in [0.05, 0.1) is 0 Å². The van der Waals surface area contributed by atoms with Crippen LogP contribution in [-0.2, 0) is 5.41 Å². The van der Waals surface area contributed by atoms with E-state index in [1.807, 2.05) is 0 Å². The highest BCUT2D eigenvalue weighted by atomic mass is 15.1. The van der Waals surface area contributed by atoms with Crippen molar-refractivity contribution < 1.29 is 0 Å². The Morgan fingerprint density at radius 1 is 0.882 bits per heavy atom. The molecule has 0 bridgehead atoms. The van der Waals surface area contributed by atoms with E-state index >= 15 is 0 Å². The van der Waals surface area contributed by atoms with Gasteiger partial charge in [-0.05, 0) is 34.9 Å². The van der Waals surface area contributed by atoms with Crippen LogP contribution in [0.15, 0.2) is 24.3 Å². The predicted molar refractivity (Wildman–Crippen MR) is 77.9 cm³/mol. The maximum Gasteiger partial charge on any atom is 0.0361 e. The molecule has 0 N–H and O–H groups in total. The lowest BCUT2D eigenvalue weighted by Gasteiger charge is -2.33. The van der Waals surface area contributed by atoms with Crippen LogP contribution in [0, 0.1) is 5.41 Å². The fourth-order valence-corrected chi connectivity index (χ4v) is 2.64. The molecular formula is C16H27N. The summed E-state index contributed by atoms with van der Waals surface area (Å²) in [7, 11) is 4.16. The summed E-state index contributed by atoms with van der Waals surface area (Å²) in [6.07, 6.45) is 1.20. The molecule has 0 saturated carbocycles. The normalized spacial score (nSPS) is 12.6. The van der Waals surface area contributed by atoms with Crippen LogP contribution in [0.1, 0.15) is 46.6 Å². The number of rotatable bonds is 3. The van der Waals surface area contributed by atoms with Crippen LogP contribution in [0.5, 0.6) is 0 Å². The number of benzene rings is 1. The van der Waals surface area contributed by atoms with Gasteiger partial charge in [-0.2, -0.15) is 0 Å². The molecular weight excluding hydrogens is 206 g/mol. The van der Waals surface area contributed by atoms with Crippen molar-refractivity contribution in [3.63, 3.8) is 0 Å². The molecule has 0 unspecified atom stereocenters. The number of hydrogen-bond acceptors (Lipinski definition) is 1. The van der Waals surface area contributed by atoms with Crippen molar-refractivity contribution in [2.45, 2.75) is 46.5 Å². The fraction of sp³-hybridized carbons (Fsp3) is 0.625. The lowest BCUT2D eigenvalue weighted by Crippen LogP contribution is -2.24. The van der Waals surface area contributed by atoms with E-state index in [1.165, 1.54) is 17.7 Å². The van der Waals surface area contributed by atoms with Gasteiger partial charge in [0.25, 0.3) is 0 Å². The van der Waals surface area contributed by atoms with Gasteiger partial charge in [0, 0.05) is 19.8 Å². The van der Waals surface area contributed by atoms with Gasteiger partial charge in [0.15, 0.2) is 0 Å². The summed E-state index contributed by atoms with van der Waals surface area (Å²) in [4.78, 5) is 2.14. The first-order chi connectivity index (χ1) is 7.62. The Bertz CT molecular complexity index is 352. The molecule has 0 heterocycles. The molecule has 0 saturated heterocycles. The zero-order valence-electron chi connectivity index (χ0n) is 12.5. The molecule has 0 fully saturated rings. The van der Waals surface area contributed by atoms with Crippen molar-refractivity contribution in [1.82, 2.24) is 0 Å². The van der Waals surface area contributed by atoms with E-state index in [2.05, 4.69) is 77.9 Å². The molecule has 96 valence electrons. The Morgan fingerprint density at radius 3 is 1.71 bits per heavy atom. The maximum atomic E-state index is 2.34. The van der Waals surface area contributed by atoms with Crippen molar-refractivity contribution in [3.8, 4) is 0 Å². The van der Waals surface area contributed by atoms with E-state index in [0.717, 1.165) is 0 Å². The second-order valence-corrected chi connectivity index (χ2v) is 7.06. The van der Waals surface area contributed by atoms with Crippen molar-refractivity contribution in [2.24, 2.45) is 5.41 Å². The van der Waals surface area contributed by atoms with Crippen LogP contribution < -0.4 is 4.90 Å². The van der Waals surface area contributed by atoms with Crippen molar-refractivity contribution >= 4 is 5.69 Å². The molecule has 0 aromatic heterocycles. The Hall–Kier alpha value is -0.980. The Balaban J connectivity index is 2.92. The molecule has 0 atom stereocenters. The first-order valence-electron chi connectivity index (χ1n) is 6.40. The van der Waals surface area contributed by atoms with Gasteiger partial charge >= 0.3 is 0 Å². The van der Waals surface area contributed by atoms with Gasteiger partial charge in [0.1, 0.15) is 0 Å². The number of nitrogens with zero attached hydrogens (tertiary/aromatic N) is 1. The largest absolute Gasteiger partial charge is 0.378 e. The minimum atomic E-state index is 0.239. The number of hydrogen-bond donors (Lipinski definition) is 0. The van der Waals surface area contributed by atoms with Crippen molar-refractivity contribution in [2.75, 3.05) is 19.0 Å². The van der Waals surface area contributed by atoms with Crippen molar-refractivity contribution in [3.05, 3.63) is 29.8 Å². The van der Waals surface area contributed by atoms with Crippen molar-refractivity contribution in [1.29, 1.82) is 0 Å². The first-order valence-corrected chi connectivity index (χ1v) is 6.40. The lowest BCUT2D eigenvalue weighted by atomic mass is 9.72. The second kappa shape index (κ2) is 4.72. The van der Waals surface area contributed by atoms with Crippen LogP contribution in [0.4, 0.5) is 5.69 Å². The van der Waals surface area contributed by atoms with Gasteiger partial charge in [-0.25, -0.2) is 0 Å². The van der Waals surface area contributed by atoms with E-state index in [4.69, 9.17) is 0 Å². The molecule has 17 heavy (non-hydrogen) atoms. The fourth-order valence-electron chi connectivity index (χ4n) is 2.64. The molecule has 1 heteroatoms. The highest BCUT2D eigenvalue weighted by molar-refractivity contribution is 5.47. The minimum absolute atomic E-state index is 0.239. The maximum absolute atomic E-state index is 2.34. The Morgan fingerprint density at radius 2 is 1.35 bits per heavy atom. The van der Waals surface area contributed by atoms with Crippen LogP contribution in [-0.4, -0.2) is 14.1 Å². The summed E-state index contributed by atoms with van der Waals surface area (Å²) in [6.45, 7) is 11.6. The summed E-state index contributed by atoms with van der Waals surface area (Å²) in [5.74, 6) is 0. The Kier molecular flexibility index (Phi) is 3.91. The molecule has 0 aliphatic rings. The third kappa shape index (κ3) is 4.07. The summed E-state index contributed by atoms with van der Waals surface area (Å²) in [5, 5.41) is 0. The quantitative estimate of drug-likeness (QED) is 0.744. The van der Waals surface area contributed by atoms with E-state index < -0.39 is 0 Å². The minimum Gasteiger partial charge on any atom is -0.378 e. The van der Waals surface area contributed by atoms with Gasteiger partial charge in [0.2, 0.25) is 0 Å². The van der Waals surface area contributed by atoms with Crippen LogP contribution >= 0.6 is 0 Å². The zero-order valence-corrected chi connectivity index (χ0v) is 12.5. The molecule has 1 nitrogen and oxygen atoms in total. The van der Waals surface area contributed by atoms with E-state index in [-0.39, 0.29) is 5.41 Å². The molecule has 0 aliphatic heterocycles. The van der Waals surface area contributed by atoms with Gasteiger partial charge in [-0.3, -0.25) is 0 Å². The standard InChI is InChI=1S/C16H27N/c1-15(2,3)12-16(4,5)13-8-10-14(11-9-13)17(6)7/h8-11H,12H2,1-7H3. The third-order valence-electron chi connectivity index (χ3n) is 3.14. The number of anilines is 1. The highest BCUT2D eigenvalue weighted by Crippen LogP contribution is 2.36. The molecule has 0 aliphatic carbocycles. The Labute approximate surface area is 107 Å². The summed E-state index contributed by atoms with van der Waals surface area (Å²) >= 11 is 0. The molecule has 0 spiro atoms. The van der Waals surface area contributed by atoms with E-state index in [0.29, 0.717) is 5.41 Å². The summed E-state index contributed by atoms with van der Waals surface area (Å²) in [5.41, 5.74) is 3.30. The topological polar surface area (TPSA) is 3.24 Å². The zero-order chi connectivity index (χ0) is 13.3. The third-order valence-corrected chi connectivity index (χ3v) is 3.14. The van der Waals surface area contributed by atoms with Crippen LogP contribution in [0.2, 0.25) is 0 Å². The highest BCUT2D eigenvalue weighted by Gasteiger charge is 2.26. The van der Waals surface area contributed by atoms with Gasteiger partial charge in [-0.1, -0.05) is 46.8 Å². The monoisotopic (exact) mass is 233 g/mol. The van der Waals surface area contributed by atoms with E-state index in [9.17, 15) is 0 Å². The SMILES string of the molecule is CN(C)c1ccc(C(C)(C)CC(C)(C)C)cc1. The average molecular weight is 233 g/mol. The van der Waals surface area contributed by atoms with Crippen LogP contribution in [0.3, 0.4) is 0 Å². The molecule has 1 aromatic carbocycles. The smallest absolute Gasteiger partial charge is 0.0361 e. The van der Waals surface area contributed by atoms with Gasteiger partial charge in [-0.15, -0.1) is 0 Å². The molecule has 1 rings (SSSR count). The van der Waals surface area contributed by atoms with Crippen LogP contribution in [0.25, 0.3) is 0 Å². The molecule has 0 amide bonds. The molecule has 1 aromatic rings. The summed E-state index contributed by atoms with van der Waals surface area (Å²) in [6, 6.07) is 8.95. The lowest BCUT2D eigenvalue weighted by molar-refractivity contribution is 0.284. The first kappa shape index (κ1) is 14.1. The second-order valence-electron chi connectivity index (χ2n) is 7.06.